The van der Waals surface area contributed by atoms with Crippen LogP contribution in [0.25, 0.3) is 0 Å². The summed E-state index contributed by atoms with van der Waals surface area (Å²) < 4.78 is 32.9. The minimum Gasteiger partial charge on any atom is -0.465 e. The van der Waals surface area contributed by atoms with E-state index in [9.17, 15) is 18.4 Å². The van der Waals surface area contributed by atoms with Gasteiger partial charge in [0.15, 0.2) is 0 Å². The topological polar surface area (TPSA) is 64.6 Å². The summed E-state index contributed by atoms with van der Waals surface area (Å²) in [6.07, 6.45) is 0.0771. The van der Waals surface area contributed by atoms with Crippen molar-refractivity contribution in [3.05, 3.63) is 59.7 Å². The predicted molar refractivity (Wildman–Crippen MR) is 83.2 cm³/mol. The molecule has 2 aromatic carbocycles. The van der Waals surface area contributed by atoms with Gasteiger partial charge in [0.25, 0.3) is 0 Å². The minimum atomic E-state index is -2.88. The van der Waals surface area contributed by atoms with E-state index in [1.165, 1.54) is 43.5 Å². The third kappa shape index (κ3) is 5.05. The third-order valence-electron chi connectivity index (χ3n) is 3.10. The summed E-state index contributed by atoms with van der Waals surface area (Å²) in [6, 6.07) is 12.1. The van der Waals surface area contributed by atoms with Crippen LogP contribution in [0.4, 0.5) is 14.5 Å². The first kappa shape index (κ1) is 17.4. The van der Waals surface area contributed by atoms with E-state index in [4.69, 9.17) is 0 Å². The Balaban J connectivity index is 1.92. The van der Waals surface area contributed by atoms with Crippen LogP contribution >= 0.6 is 0 Å². The van der Waals surface area contributed by atoms with Gasteiger partial charge in [-0.25, -0.2) is 4.79 Å². The molecule has 0 aliphatic heterocycles. The number of anilines is 1. The van der Waals surface area contributed by atoms with Gasteiger partial charge < -0.3 is 14.8 Å². The molecule has 24 heavy (non-hydrogen) atoms. The second-order valence-corrected chi connectivity index (χ2v) is 4.82. The van der Waals surface area contributed by atoms with Crippen molar-refractivity contribution in [1.29, 1.82) is 0 Å². The summed E-state index contributed by atoms with van der Waals surface area (Å²) in [6.45, 7) is -2.88. The van der Waals surface area contributed by atoms with E-state index in [1.807, 2.05) is 0 Å². The molecule has 7 heteroatoms. The fraction of sp³-hybridized carbons (Fsp3) is 0.176. The Morgan fingerprint density at radius 1 is 1.04 bits per heavy atom. The fourth-order valence-electron chi connectivity index (χ4n) is 1.99. The Labute approximate surface area is 137 Å². The summed E-state index contributed by atoms with van der Waals surface area (Å²) in [4.78, 5) is 23.3. The number of rotatable bonds is 6. The van der Waals surface area contributed by atoms with Crippen molar-refractivity contribution >= 4 is 17.6 Å². The van der Waals surface area contributed by atoms with E-state index in [1.54, 1.807) is 12.1 Å². The van der Waals surface area contributed by atoms with Crippen molar-refractivity contribution in [1.82, 2.24) is 0 Å². The van der Waals surface area contributed by atoms with Gasteiger partial charge >= 0.3 is 12.6 Å². The van der Waals surface area contributed by atoms with Crippen molar-refractivity contribution in [2.45, 2.75) is 13.0 Å². The molecule has 2 rings (SSSR count). The molecule has 0 atom stereocenters. The van der Waals surface area contributed by atoms with Crippen LogP contribution in [0.2, 0.25) is 0 Å². The molecule has 0 aliphatic rings. The zero-order chi connectivity index (χ0) is 17.5. The molecular weight excluding hydrogens is 320 g/mol. The molecule has 0 fully saturated rings. The summed E-state index contributed by atoms with van der Waals surface area (Å²) in [5, 5.41) is 2.68. The van der Waals surface area contributed by atoms with Crippen molar-refractivity contribution in [3.63, 3.8) is 0 Å². The number of carbonyl (C=O) groups is 2. The van der Waals surface area contributed by atoms with E-state index in [2.05, 4.69) is 14.8 Å². The highest BCUT2D eigenvalue weighted by Gasteiger charge is 2.08. The highest BCUT2D eigenvalue weighted by Crippen LogP contribution is 2.16. The van der Waals surface area contributed by atoms with Crippen molar-refractivity contribution in [3.8, 4) is 5.75 Å². The first-order valence-corrected chi connectivity index (χ1v) is 7.00. The Morgan fingerprint density at radius 2 is 1.67 bits per heavy atom. The maximum atomic E-state index is 12.1. The van der Waals surface area contributed by atoms with Gasteiger partial charge in [-0.15, -0.1) is 0 Å². The number of alkyl halides is 2. The molecule has 0 spiro atoms. The molecule has 0 saturated carbocycles. The molecular formula is C17H15F2NO4. The van der Waals surface area contributed by atoms with E-state index < -0.39 is 12.6 Å². The van der Waals surface area contributed by atoms with Gasteiger partial charge in [0.2, 0.25) is 5.91 Å². The number of esters is 1. The Kier molecular flexibility index (Phi) is 5.83. The normalized spacial score (nSPS) is 10.3. The number of amides is 1. The second kappa shape index (κ2) is 8.05. The number of carbonyl (C=O) groups excluding carboxylic acids is 2. The first-order chi connectivity index (χ1) is 11.5. The summed E-state index contributed by atoms with van der Waals surface area (Å²) >= 11 is 0. The molecule has 5 nitrogen and oxygen atoms in total. The van der Waals surface area contributed by atoms with E-state index in [-0.39, 0.29) is 18.1 Å². The van der Waals surface area contributed by atoms with Crippen LogP contribution in [0.5, 0.6) is 5.75 Å². The lowest BCUT2D eigenvalue weighted by Gasteiger charge is -2.07. The number of halogens is 2. The largest absolute Gasteiger partial charge is 0.465 e. The Bertz CT molecular complexity index is 700. The van der Waals surface area contributed by atoms with Gasteiger partial charge in [-0.3, -0.25) is 4.79 Å². The number of nitrogens with one attached hydrogen (secondary N) is 1. The average molecular weight is 335 g/mol. The zero-order valence-electron chi connectivity index (χ0n) is 12.8. The van der Waals surface area contributed by atoms with Crippen molar-refractivity contribution in [2.75, 3.05) is 12.4 Å². The van der Waals surface area contributed by atoms with Crippen molar-refractivity contribution < 1.29 is 27.8 Å². The third-order valence-corrected chi connectivity index (χ3v) is 3.10. The van der Waals surface area contributed by atoms with Crippen LogP contribution in [0.15, 0.2) is 48.5 Å². The molecule has 1 amide bonds. The molecule has 0 unspecified atom stereocenters. The quantitative estimate of drug-likeness (QED) is 0.823. The highest BCUT2D eigenvalue weighted by molar-refractivity contribution is 5.94. The lowest BCUT2D eigenvalue weighted by molar-refractivity contribution is -0.115. The van der Waals surface area contributed by atoms with E-state index in [0.717, 1.165) is 0 Å². The standard InChI is InChI=1S/C17H15F2NO4/c1-23-16(22)12-4-6-13(7-5-12)20-15(21)10-11-2-8-14(9-3-11)24-17(18)19/h2-9,17H,10H2,1H3,(H,20,21). The molecule has 0 aliphatic carbocycles. The maximum Gasteiger partial charge on any atom is 0.387 e. The molecule has 0 aromatic heterocycles. The highest BCUT2D eigenvalue weighted by atomic mass is 19.3. The molecule has 0 bridgehead atoms. The smallest absolute Gasteiger partial charge is 0.387 e. The average Bonchev–Trinajstić information content (AvgIpc) is 2.56. The molecule has 1 N–H and O–H groups in total. The predicted octanol–water partition coefficient (Wildman–Crippen LogP) is 3.26. The number of ether oxygens (including phenoxy) is 2. The van der Waals surface area contributed by atoms with Crippen LogP contribution in [-0.2, 0) is 16.0 Å². The van der Waals surface area contributed by atoms with Gasteiger partial charge in [0.05, 0.1) is 19.1 Å². The minimum absolute atomic E-state index is 0.0348. The second-order valence-electron chi connectivity index (χ2n) is 4.82. The van der Waals surface area contributed by atoms with E-state index in [0.29, 0.717) is 16.8 Å². The van der Waals surface area contributed by atoms with Crippen LogP contribution in [0, 0.1) is 0 Å². The van der Waals surface area contributed by atoms with E-state index >= 15 is 0 Å². The summed E-state index contributed by atoms with van der Waals surface area (Å²) in [5.41, 5.74) is 1.57. The maximum absolute atomic E-state index is 12.1. The number of hydrogen-bond acceptors (Lipinski definition) is 4. The van der Waals surface area contributed by atoms with Gasteiger partial charge in [-0.1, -0.05) is 12.1 Å². The molecule has 0 heterocycles. The number of methoxy groups -OCH3 is 1. The van der Waals surface area contributed by atoms with Gasteiger partial charge in [-0.2, -0.15) is 8.78 Å². The fourth-order valence-corrected chi connectivity index (χ4v) is 1.99. The molecule has 126 valence electrons. The summed E-state index contributed by atoms with van der Waals surface area (Å²) in [7, 11) is 1.29. The van der Waals surface area contributed by atoms with Crippen LogP contribution in [0.1, 0.15) is 15.9 Å². The Morgan fingerprint density at radius 3 is 2.21 bits per heavy atom. The monoisotopic (exact) mass is 335 g/mol. The first-order valence-electron chi connectivity index (χ1n) is 7.00. The van der Waals surface area contributed by atoms with Gasteiger partial charge in [0.1, 0.15) is 5.75 Å². The van der Waals surface area contributed by atoms with Crippen molar-refractivity contribution in [2.24, 2.45) is 0 Å². The van der Waals surface area contributed by atoms with Crippen LogP contribution in [0.3, 0.4) is 0 Å². The SMILES string of the molecule is COC(=O)c1ccc(NC(=O)Cc2ccc(OC(F)F)cc2)cc1. The summed E-state index contributed by atoms with van der Waals surface area (Å²) in [5.74, 6) is -0.699. The van der Waals surface area contributed by atoms with Crippen LogP contribution in [-0.4, -0.2) is 25.6 Å². The zero-order valence-corrected chi connectivity index (χ0v) is 12.8. The lowest BCUT2D eigenvalue weighted by atomic mass is 10.1. The van der Waals surface area contributed by atoms with Gasteiger partial charge in [0, 0.05) is 5.69 Å². The van der Waals surface area contributed by atoms with Gasteiger partial charge in [-0.05, 0) is 42.0 Å². The number of hydrogen-bond donors (Lipinski definition) is 1. The lowest BCUT2D eigenvalue weighted by Crippen LogP contribution is -2.14. The molecule has 0 radical (unpaired) electrons. The van der Waals surface area contributed by atoms with Crippen LogP contribution < -0.4 is 10.1 Å². The molecule has 0 saturated heterocycles. The number of benzene rings is 2. The molecule has 2 aromatic rings. The Hall–Kier alpha value is -2.96.